The normalized spacial score (nSPS) is 10.9. The predicted molar refractivity (Wildman–Crippen MR) is 52.5 cm³/mol. The fraction of sp³-hybridized carbons (Fsp3) is 0.909. The van der Waals surface area contributed by atoms with Gasteiger partial charge in [-0.05, 0) is 12.3 Å². The molecule has 0 amide bonds. The summed E-state index contributed by atoms with van der Waals surface area (Å²) in [6, 6.07) is 0. The molecule has 0 heterocycles. The highest BCUT2D eigenvalue weighted by Crippen LogP contribution is 2.16. The highest BCUT2D eigenvalue weighted by atomic mass is 14.1. The lowest BCUT2D eigenvalue weighted by atomic mass is 9.96. The van der Waals surface area contributed by atoms with Gasteiger partial charge in [0.05, 0.1) is 0 Å². The van der Waals surface area contributed by atoms with Crippen molar-refractivity contribution in [3.63, 3.8) is 0 Å². The first-order valence-corrected chi connectivity index (χ1v) is 5.14. The number of hydrogen-bond donors (Lipinski definition) is 0. The maximum Gasteiger partial charge on any atom is -0.0386 e. The van der Waals surface area contributed by atoms with E-state index in [4.69, 9.17) is 0 Å². The van der Waals surface area contributed by atoms with Gasteiger partial charge in [0.15, 0.2) is 0 Å². The van der Waals surface area contributed by atoms with Crippen LogP contribution < -0.4 is 0 Å². The predicted octanol–water partition coefficient (Wildman–Crippen LogP) is 4.21. The molecule has 0 aliphatic rings. The van der Waals surface area contributed by atoms with Crippen LogP contribution >= 0.6 is 0 Å². The maximum absolute atomic E-state index is 2.35. The smallest absolute Gasteiger partial charge is 0.0386 e. The second-order valence-corrected chi connectivity index (χ2v) is 3.35. The molecule has 0 aromatic heterocycles. The first-order chi connectivity index (χ1) is 5.35. The van der Waals surface area contributed by atoms with Crippen molar-refractivity contribution in [2.24, 2.45) is 5.92 Å². The summed E-state index contributed by atoms with van der Waals surface area (Å²) in [5, 5.41) is 0. The van der Waals surface area contributed by atoms with Gasteiger partial charge in [-0.25, -0.2) is 0 Å². The largest absolute Gasteiger partial charge is 0.0654 e. The van der Waals surface area contributed by atoms with E-state index >= 15 is 0 Å². The van der Waals surface area contributed by atoms with Crippen LogP contribution in [0.3, 0.4) is 0 Å². The minimum absolute atomic E-state index is 0.881. The maximum atomic E-state index is 2.35. The van der Waals surface area contributed by atoms with Gasteiger partial charge in [-0.3, -0.25) is 0 Å². The summed E-state index contributed by atoms with van der Waals surface area (Å²) in [6.07, 6.45) is 10.7. The van der Waals surface area contributed by atoms with Crippen molar-refractivity contribution in [2.45, 2.75) is 59.3 Å². The van der Waals surface area contributed by atoms with Gasteiger partial charge in [-0.1, -0.05) is 59.3 Å². The van der Waals surface area contributed by atoms with E-state index in [0.29, 0.717) is 0 Å². The summed E-state index contributed by atoms with van der Waals surface area (Å²) >= 11 is 0. The van der Waals surface area contributed by atoms with Crippen LogP contribution in [0.2, 0.25) is 0 Å². The fourth-order valence-electron chi connectivity index (χ4n) is 1.44. The van der Waals surface area contributed by atoms with Crippen LogP contribution in [0, 0.1) is 12.3 Å². The van der Waals surface area contributed by atoms with E-state index in [1.54, 1.807) is 0 Å². The van der Waals surface area contributed by atoms with Gasteiger partial charge in [0.25, 0.3) is 0 Å². The minimum Gasteiger partial charge on any atom is -0.0654 e. The van der Waals surface area contributed by atoms with Gasteiger partial charge in [0, 0.05) is 0 Å². The molecule has 0 nitrogen and oxygen atoms in total. The zero-order chi connectivity index (χ0) is 8.53. The Hall–Kier alpha value is 0. The summed E-state index contributed by atoms with van der Waals surface area (Å²) in [6.45, 7) is 6.74. The van der Waals surface area contributed by atoms with Crippen molar-refractivity contribution >= 4 is 0 Å². The Bertz CT molecular complexity index is 62.4. The standard InChI is InChI=1S/C11H23/c1-4-7-8-9-10-11(5-2)6-3/h5,11H,4,6-10H2,1-3H3. The molecule has 0 saturated carbocycles. The lowest BCUT2D eigenvalue weighted by molar-refractivity contribution is 0.493. The molecule has 0 rings (SSSR count). The molecule has 1 atom stereocenters. The molecular weight excluding hydrogens is 132 g/mol. The van der Waals surface area contributed by atoms with Crippen LogP contribution in [-0.4, -0.2) is 0 Å². The molecule has 0 spiro atoms. The first kappa shape index (κ1) is 11.0. The van der Waals surface area contributed by atoms with Crippen molar-refractivity contribution in [3.8, 4) is 0 Å². The Kier molecular flexibility index (Phi) is 8.10. The van der Waals surface area contributed by atoms with Crippen molar-refractivity contribution in [1.82, 2.24) is 0 Å². The molecule has 0 aliphatic heterocycles. The first-order valence-electron chi connectivity index (χ1n) is 5.14. The van der Waals surface area contributed by atoms with Gasteiger partial charge < -0.3 is 0 Å². The monoisotopic (exact) mass is 155 g/mol. The van der Waals surface area contributed by atoms with Gasteiger partial charge in [0.1, 0.15) is 0 Å². The van der Waals surface area contributed by atoms with Crippen molar-refractivity contribution in [2.75, 3.05) is 0 Å². The van der Waals surface area contributed by atoms with Crippen LogP contribution in [0.15, 0.2) is 0 Å². The number of hydrogen-bond acceptors (Lipinski definition) is 0. The number of unbranched alkanes of at least 4 members (excludes halogenated alkanes) is 3. The molecule has 1 radical (unpaired) electrons. The summed E-state index contributed by atoms with van der Waals surface area (Å²) < 4.78 is 0. The molecule has 1 unspecified atom stereocenters. The van der Waals surface area contributed by atoms with Crippen LogP contribution in [0.4, 0.5) is 0 Å². The highest BCUT2D eigenvalue weighted by molar-refractivity contribution is 4.69. The molecule has 0 N–H and O–H groups in total. The summed E-state index contributed by atoms with van der Waals surface area (Å²) in [4.78, 5) is 0. The fourth-order valence-corrected chi connectivity index (χ4v) is 1.44. The van der Waals surface area contributed by atoms with Gasteiger partial charge in [0.2, 0.25) is 0 Å². The topological polar surface area (TPSA) is 0 Å². The van der Waals surface area contributed by atoms with Crippen LogP contribution in [-0.2, 0) is 0 Å². The van der Waals surface area contributed by atoms with Gasteiger partial charge in [-0.15, -0.1) is 0 Å². The van der Waals surface area contributed by atoms with E-state index in [2.05, 4.69) is 27.2 Å². The molecule has 0 fully saturated rings. The van der Waals surface area contributed by atoms with E-state index in [-0.39, 0.29) is 0 Å². The molecule has 0 saturated heterocycles. The highest BCUT2D eigenvalue weighted by Gasteiger charge is 2.01. The molecule has 0 aliphatic carbocycles. The summed E-state index contributed by atoms with van der Waals surface area (Å²) in [5.41, 5.74) is 0. The number of rotatable bonds is 7. The Morgan fingerprint density at radius 3 is 2.27 bits per heavy atom. The van der Waals surface area contributed by atoms with Gasteiger partial charge in [-0.2, -0.15) is 0 Å². The van der Waals surface area contributed by atoms with E-state index < -0.39 is 0 Å². The summed E-state index contributed by atoms with van der Waals surface area (Å²) in [7, 11) is 0. The van der Waals surface area contributed by atoms with Crippen molar-refractivity contribution < 1.29 is 0 Å². The Labute approximate surface area is 72.4 Å². The SMILES string of the molecule is C[CH]C(CC)CCCCCC. The lowest BCUT2D eigenvalue weighted by Crippen LogP contribution is -1.96. The molecule has 0 bridgehead atoms. The average molecular weight is 155 g/mol. The average Bonchev–Trinajstić information content (AvgIpc) is 2.05. The zero-order valence-corrected chi connectivity index (χ0v) is 8.40. The molecule has 11 heavy (non-hydrogen) atoms. The van der Waals surface area contributed by atoms with Crippen LogP contribution in [0.1, 0.15) is 59.3 Å². The third kappa shape index (κ3) is 6.40. The molecule has 0 heteroatoms. The van der Waals surface area contributed by atoms with E-state index in [9.17, 15) is 0 Å². The Balaban J connectivity index is 3.07. The molecule has 67 valence electrons. The zero-order valence-electron chi connectivity index (χ0n) is 8.40. The summed E-state index contributed by atoms with van der Waals surface area (Å²) in [5.74, 6) is 0.881. The van der Waals surface area contributed by atoms with E-state index in [1.807, 2.05) is 0 Å². The van der Waals surface area contributed by atoms with Crippen LogP contribution in [0.25, 0.3) is 0 Å². The van der Waals surface area contributed by atoms with Gasteiger partial charge >= 0.3 is 0 Å². The van der Waals surface area contributed by atoms with E-state index in [1.165, 1.54) is 38.5 Å². The Morgan fingerprint density at radius 2 is 1.82 bits per heavy atom. The molecule has 0 aromatic carbocycles. The third-order valence-corrected chi connectivity index (χ3v) is 2.42. The van der Waals surface area contributed by atoms with E-state index in [0.717, 1.165) is 5.92 Å². The molecule has 0 aromatic rings. The second-order valence-electron chi connectivity index (χ2n) is 3.35. The Morgan fingerprint density at radius 1 is 1.09 bits per heavy atom. The molecular formula is C11H23. The minimum atomic E-state index is 0.881. The van der Waals surface area contributed by atoms with Crippen molar-refractivity contribution in [3.05, 3.63) is 6.42 Å². The van der Waals surface area contributed by atoms with Crippen LogP contribution in [0.5, 0.6) is 0 Å². The second kappa shape index (κ2) is 8.10. The quantitative estimate of drug-likeness (QED) is 0.483. The van der Waals surface area contributed by atoms with Crippen molar-refractivity contribution in [1.29, 1.82) is 0 Å². The third-order valence-electron chi connectivity index (χ3n) is 2.42. The lowest BCUT2D eigenvalue weighted by Gasteiger charge is -2.10.